The van der Waals surface area contributed by atoms with E-state index in [-0.39, 0.29) is 6.61 Å². The number of hydrogen-bond donors (Lipinski definition) is 5. The Morgan fingerprint density at radius 3 is 0.941 bits per heavy atom. The second-order valence-corrected chi connectivity index (χ2v) is 21.6. The molecular weight excluding hydrogens is 1130 g/mol. The van der Waals surface area contributed by atoms with Gasteiger partial charge in [-0.2, -0.15) is 0 Å². The van der Waals surface area contributed by atoms with Crippen molar-refractivity contribution < 1.29 is 110 Å². The quantitative estimate of drug-likeness (QED) is 0.0955. The van der Waals surface area contributed by atoms with Crippen molar-refractivity contribution in [2.45, 2.75) is 193 Å². The molecule has 15 atom stereocenters. The third kappa shape index (κ3) is 13.8. The van der Waals surface area contributed by atoms with Gasteiger partial charge in [0.05, 0.1) is 0 Å². The number of nitrogens with one attached hydrogen (secondary N) is 5. The van der Waals surface area contributed by atoms with E-state index in [0.29, 0.717) is 30.1 Å². The minimum absolute atomic E-state index is 0.206. The number of amides is 15. The van der Waals surface area contributed by atoms with E-state index in [2.05, 4.69) is 26.6 Å². The minimum atomic E-state index is -1.87. The van der Waals surface area contributed by atoms with Crippen molar-refractivity contribution in [2.24, 2.45) is 0 Å². The van der Waals surface area contributed by atoms with Crippen LogP contribution >= 0.6 is 0 Å². The van der Waals surface area contributed by atoms with Crippen molar-refractivity contribution in [3.63, 3.8) is 0 Å². The van der Waals surface area contributed by atoms with Gasteiger partial charge < -0.3 is 59.7 Å². The summed E-state index contributed by atoms with van der Waals surface area (Å²) in [6.45, 7) is 16.4. The summed E-state index contributed by atoms with van der Waals surface area (Å²) in [4.78, 5) is 217. The molecule has 5 N–H and O–H groups in total. The summed E-state index contributed by atoms with van der Waals surface area (Å²) in [5.41, 5.74) is -0.352. The fourth-order valence-corrected chi connectivity index (χ4v) is 9.62. The average molecular weight is 1200 g/mol. The molecule has 5 fully saturated rings. The molecule has 85 heavy (non-hydrogen) atoms. The van der Waals surface area contributed by atoms with Crippen LogP contribution in [0.3, 0.4) is 0 Å². The number of ether oxygens (including phenoxy) is 7. The monoisotopic (exact) mass is 1200 g/mol. The van der Waals surface area contributed by atoms with Gasteiger partial charge in [0.1, 0.15) is 72.9 Å². The first kappa shape index (κ1) is 64.7. The van der Waals surface area contributed by atoms with Crippen LogP contribution in [0.4, 0.5) is 28.8 Å². The van der Waals surface area contributed by atoms with Gasteiger partial charge in [-0.05, 0) is 95.6 Å². The maximum atomic E-state index is 14.0. The predicted octanol–water partition coefficient (Wildman–Crippen LogP) is -0.659. The van der Waals surface area contributed by atoms with Gasteiger partial charge in [0.25, 0.3) is 29.5 Å². The van der Waals surface area contributed by atoms with Crippen LogP contribution in [0.2, 0.25) is 0 Å². The van der Waals surface area contributed by atoms with E-state index in [4.69, 9.17) is 33.2 Å². The van der Waals surface area contributed by atoms with Crippen molar-refractivity contribution in [1.29, 1.82) is 0 Å². The average Bonchev–Trinajstić information content (AvgIpc) is 4.41. The highest BCUT2D eigenvalue weighted by atomic mass is 16.6. The fourth-order valence-electron chi connectivity index (χ4n) is 9.62. The molecule has 0 bridgehead atoms. The number of benzene rings is 1. The van der Waals surface area contributed by atoms with Gasteiger partial charge in [0.2, 0.25) is 23.6 Å². The number of rotatable bonds is 17. The van der Waals surface area contributed by atoms with Crippen LogP contribution < -0.4 is 26.6 Å². The van der Waals surface area contributed by atoms with Crippen LogP contribution in [0.25, 0.3) is 0 Å². The molecule has 0 aromatic heterocycles. The smallest absolute Gasteiger partial charge is 0.417 e. The van der Waals surface area contributed by atoms with E-state index < -0.39 is 192 Å². The molecule has 33 nitrogen and oxygen atoms in total. The summed E-state index contributed by atoms with van der Waals surface area (Å²) >= 11 is 0. The summed E-state index contributed by atoms with van der Waals surface area (Å²) < 4.78 is 36.2. The zero-order chi connectivity index (χ0) is 63.6. The molecule has 0 aliphatic carbocycles. The zero-order valence-electron chi connectivity index (χ0n) is 48.4. The molecule has 0 unspecified atom stereocenters. The first-order chi connectivity index (χ1) is 39.6. The molecule has 1 aromatic carbocycles. The Labute approximate surface area is 484 Å². The molecule has 5 saturated heterocycles. The molecule has 0 spiro atoms. The van der Waals surface area contributed by atoms with Crippen LogP contribution in [0.15, 0.2) is 30.3 Å². The summed E-state index contributed by atoms with van der Waals surface area (Å²) in [6.07, 6.45) is -14.3. The molecule has 462 valence electrons. The number of hydrogen-bond acceptors (Lipinski definition) is 23. The van der Waals surface area contributed by atoms with Gasteiger partial charge in [0.15, 0.2) is 30.2 Å². The molecule has 5 heterocycles. The highest BCUT2D eigenvalue weighted by Crippen LogP contribution is 2.28. The van der Waals surface area contributed by atoms with E-state index in [1.807, 2.05) is 0 Å². The van der Waals surface area contributed by atoms with Crippen molar-refractivity contribution in [3.8, 4) is 0 Å². The van der Waals surface area contributed by atoms with Crippen molar-refractivity contribution >= 4 is 95.7 Å². The van der Waals surface area contributed by atoms with Crippen LogP contribution in [0.1, 0.15) is 95.6 Å². The lowest BCUT2D eigenvalue weighted by molar-refractivity contribution is -0.154. The first-order valence-electron chi connectivity index (χ1n) is 26.7. The Morgan fingerprint density at radius 2 is 0.671 bits per heavy atom. The standard InChI is InChI=1S/C52H66N10O23/c1-20(53-37(64)32-26(7)81-48(75)59(32)42(69)22(3)55-39(66)34-28(9)83-50(77)61(34)44(71)24(5)57-46(73)85-52(11,12)13)40(67)58-31(25(6)80-47(58)74)36(63)54-21(2)41(68)60-33(27(8)82-49(60)76)38(65)56-23(4)43(70)62-35(29(10)84-51(62)78)45(72)79-19-30-17-15-14-16-18-30/h14-18,20-29,31-35H,19H2,1-13H3,(H,53,64)(H,54,63)(H,55,66)(H,56,65)(H,57,73)/t20-,21-,22-,23-,24-,25+,26+,27+,28+,29+,31+,32+,33+,34+,35+/m0/s1. The lowest BCUT2D eigenvalue weighted by Crippen LogP contribution is -2.61. The normalized spacial score (nSPS) is 26.3. The maximum Gasteiger partial charge on any atom is 0.417 e. The molecule has 1 aromatic rings. The number of alkyl carbamates (subject to hydrolysis) is 1. The third-order valence-corrected chi connectivity index (χ3v) is 13.8. The van der Waals surface area contributed by atoms with E-state index in [1.54, 1.807) is 51.1 Å². The SMILES string of the molecule is C[C@H](NC(=O)OC(C)(C)C)C(=O)N1C(=O)O[C@H](C)[C@@H]1C(=O)N[C@@H](C)C(=O)N1C(=O)O[C@H](C)[C@@H]1C(=O)N[C@@H](C)C(=O)N1C(=O)O[C@H](C)[C@@H]1C(=O)N[C@@H](C)C(=O)N1C(=O)O[C@H](C)[C@@H]1C(=O)N[C@@H](C)C(=O)N1C(=O)O[C@H](C)[C@@H]1C(=O)OCc1ccccc1. The topological polar surface area (TPSA) is 414 Å². The largest absolute Gasteiger partial charge is 0.459 e. The maximum absolute atomic E-state index is 14.0. The predicted molar refractivity (Wildman–Crippen MR) is 278 cm³/mol. The Hall–Kier alpha value is -9.46. The van der Waals surface area contributed by atoms with E-state index in [0.717, 1.165) is 27.7 Å². The number of nitrogens with zero attached hydrogens (tertiary/aromatic N) is 5. The summed E-state index contributed by atoms with van der Waals surface area (Å²) in [7, 11) is 0. The number of carbonyl (C=O) groups excluding carboxylic acids is 16. The Balaban J connectivity index is 1.07. The molecule has 0 saturated carbocycles. The van der Waals surface area contributed by atoms with Crippen molar-refractivity contribution in [1.82, 2.24) is 51.1 Å². The first-order valence-corrected chi connectivity index (χ1v) is 26.7. The summed E-state index contributed by atoms with van der Waals surface area (Å²) in [6, 6.07) is -8.55. The zero-order valence-corrected chi connectivity index (χ0v) is 48.4. The highest BCUT2D eigenvalue weighted by molar-refractivity contribution is 6.09. The van der Waals surface area contributed by atoms with Gasteiger partial charge in [-0.15, -0.1) is 0 Å². The van der Waals surface area contributed by atoms with Crippen molar-refractivity contribution in [3.05, 3.63) is 35.9 Å². The molecule has 33 heteroatoms. The molecule has 15 amide bonds. The highest BCUT2D eigenvalue weighted by Gasteiger charge is 2.56. The van der Waals surface area contributed by atoms with Crippen molar-refractivity contribution in [2.75, 3.05) is 0 Å². The summed E-state index contributed by atoms with van der Waals surface area (Å²) in [5.74, 6) is -11.8. The van der Waals surface area contributed by atoms with Crippen LogP contribution in [-0.2, 0) is 87.7 Å². The van der Waals surface area contributed by atoms with Gasteiger partial charge in [-0.25, -0.2) is 58.1 Å². The Morgan fingerprint density at radius 1 is 0.424 bits per heavy atom. The van der Waals surface area contributed by atoms with Gasteiger partial charge in [-0.3, -0.25) is 43.2 Å². The lowest BCUT2D eigenvalue weighted by Gasteiger charge is -2.29. The molecular formula is C52H66N10O23. The van der Waals surface area contributed by atoms with Gasteiger partial charge in [-0.1, -0.05) is 30.3 Å². The lowest BCUT2D eigenvalue weighted by atomic mass is 10.1. The molecule has 5 aliphatic heterocycles. The van der Waals surface area contributed by atoms with E-state index in [9.17, 15) is 76.7 Å². The number of esters is 1. The van der Waals surface area contributed by atoms with E-state index in [1.165, 1.54) is 41.5 Å². The van der Waals surface area contributed by atoms with E-state index >= 15 is 0 Å². The number of imide groups is 5. The summed E-state index contributed by atoms with van der Waals surface area (Å²) in [5, 5.41) is 11.4. The molecule has 5 aliphatic rings. The van der Waals surface area contributed by atoms with Crippen LogP contribution in [0.5, 0.6) is 0 Å². The van der Waals surface area contributed by atoms with Crippen LogP contribution in [-0.4, -0.2) is 217 Å². The van der Waals surface area contributed by atoms with Gasteiger partial charge >= 0.3 is 42.5 Å². The second-order valence-electron chi connectivity index (χ2n) is 21.6. The number of cyclic esters (lactones) is 5. The molecule has 0 radical (unpaired) electrons. The fraction of sp³-hybridized carbons (Fsp3) is 0.577. The minimum Gasteiger partial charge on any atom is -0.459 e. The number of carbonyl (C=O) groups is 16. The van der Waals surface area contributed by atoms with Gasteiger partial charge in [0, 0.05) is 0 Å². The van der Waals surface area contributed by atoms with Crippen LogP contribution in [0, 0.1) is 0 Å². The molecule has 6 rings (SSSR count). The Kier molecular flexibility index (Phi) is 19.5. The third-order valence-electron chi connectivity index (χ3n) is 13.8. The Bertz CT molecular complexity index is 2950. The second kappa shape index (κ2) is 25.6.